The van der Waals surface area contributed by atoms with Gasteiger partial charge < -0.3 is 15.3 Å². The first-order chi connectivity index (χ1) is 15.0. The molecular weight excluding hydrogens is 395 g/mol. The zero-order valence-corrected chi connectivity index (χ0v) is 17.7. The van der Waals surface area contributed by atoms with Crippen molar-refractivity contribution < 1.29 is 9.50 Å². The van der Waals surface area contributed by atoms with Crippen molar-refractivity contribution in [3.63, 3.8) is 0 Å². The van der Waals surface area contributed by atoms with Gasteiger partial charge in [-0.1, -0.05) is 12.5 Å². The Kier molecular flexibility index (Phi) is 5.09. The fourth-order valence-electron chi connectivity index (χ4n) is 4.84. The average molecular weight is 423 g/mol. The number of aromatic hydroxyl groups is 1. The van der Waals surface area contributed by atoms with Gasteiger partial charge in [-0.25, -0.2) is 9.37 Å². The molecule has 2 N–H and O–H groups in total. The van der Waals surface area contributed by atoms with E-state index in [1.165, 1.54) is 0 Å². The summed E-state index contributed by atoms with van der Waals surface area (Å²) in [4.78, 5) is 11.0. The maximum Gasteiger partial charge on any atom is 0.147 e. The first-order valence-electron chi connectivity index (χ1n) is 10.8. The number of hydrogen-bond donors (Lipinski definition) is 2. The first-order valence-corrected chi connectivity index (χ1v) is 10.8. The minimum atomic E-state index is -0.925. The predicted octanol–water partition coefficient (Wildman–Crippen LogP) is 3.31. The Bertz CT molecular complexity index is 1070. The molecule has 0 saturated carbocycles. The minimum absolute atomic E-state index is 0.0678. The van der Waals surface area contributed by atoms with E-state index in [0.29, 0.717) is 23.1 Å². The van der Waals surface area contributed by atoms with Crippen LogP contribution < -0.4 is 10.2 Å². The maximum absolute atomic E-state index is 15.0. The van der Waals surface area contributed by atoms with E-state index in [1.54, 1.807) is 23.1 Å². The lowest BCUT2D eigenvalue weighted by atomic mass is 9.82. The van der Waals surface area contributed by atoms with Crippen molar-refractivity contribution in [3.05, 3.63) is 42.9 Å². The van der Waals surface area contributed by atoms with Gasteiger partial charge in [0.2, 0.25) is 0 Å². The number of halogens is 1. The highest BCUT2D eigenvalue weighted by Crippen LogP contribution is 2.34. The second-order valence-electron chi connectivity index (χ2n) is 8.63. The van der Waals surface area contributed by atoms with Crippen LogP contribution in [-0.2, 0) is 7.05 Å². The van der Waals surface area contributed by atoms with Crippen LogP contribution in [0.15, 0.2) is 42.9 Å². The molecule has 0 aliphatic carbocycles. The summed E-state index contributed by atoms with van der Waals surface area (Å²) in [7, 11) is 3.74. The van der Waals surface area contributed by atoms with Gasteiger partial charge in [0.05, 0.1) is 29.8 Å². The quantitative estimate of drug-likeness (QED) is 0.672. The second kappa shape index (κ2) is 7.92. The normalized spacial score (nSPS) is 25.4. The molecule has 1 aromatic carbocycles. The topological polar surface area (TPSA) is 79.1 Å². The summed E-state index contributed by atoms with van der Waals surface area (Å²) in [6.45, 7) is 0. The SMILES string of the molecule is CN(c1cnc(-c2ccc(-c3ccn(C)n3)cc2O)cn1)[C@H]1CC2CCCC(N2)[C@H]1F. The van der Waals surface area contributed by atoms with E-state index in [1.807, 2.05) is 43.4 Å². The molecule has 2 aliphatic rings. The number of phenols is 1. The van der Waals surface area contributed by atoms with E-state index >= 15 is 4.39 Å². The van der Waals surface area contributed by atoms with Gasteiger partial charge in [-0.05, 0) is 37.5 Å². The molecule has 4 heterocycles. The van der Waals surface area contributed by atoms with Gasteiger partial charge in [-0.3, -0.25) is 9.67 Å². The number of aromatic nitrogens is 4. The van der Waals surface area contributed by atoms with E-state index in [9.17, 15) is 5.11 Å². The van der Waals surface area contributed by atoms with Gasteiger partial charge >= 0.3 is 0 Å². The highest BCUT2D eigenvalue weighted by atomic mass is 19.1. The Balaban J connectivity index is 1.35. The summed E-state index contributed by atoms with van der Waals surface area (Å²) in [6, 6.07) is 7.40. The predicted molar refractivity (Wildman–Crippen MR) is 118 cm³/mol. The Labute approximate surface area is 180 Å². The Hall–Kier alpha value is -3.00. The molecule has 0 radical (unpaired) electrons. The largest absolute Gasteiger partial charge is 0.507 e. The van der Waals surface area contributed by atoms with Crippen molar-refractivity contribution in [2.24, 2.45) is 7.05 Å². The van der Waals surface area contributed by atoms with E-state index < -0.39 is 6.17 Å². The van der Waals surface area contributed by atoms with Crippen molar-refractivity contribution in [1.29, 1.82) is 0 Å². The van der Waals surface area contributed by atoms with Gasteiger partial charge in [0.25, 0.3) is 0 Å². The monoisotopic (exact) mass is 422 g/mol. The Morgan fingerprint density at radius 3 is 2.74 bits per heavy atom. The van der Waals surface area contributed by atoms with Crippen LogP contribution in [0, 0.1) is 0 Å². The van der Waals surface area contributed by atoms with Crippen molar-refractivity contribution in [2.45, 2.75) is 50.0 Å². The number of rotatable bonds is 4. The molecule has 8 heteroatoms. The van der Waals surface area contributed by atoms with Crippen LogP contribution >= 0.6 is 0 Å². The van der Waals surface area contributed by atoms with Crippen LogP contribution in [0.3, 0.4) is 0 Å². The number of nitrogens with one attached hydrogen (secondary N) is 1. The summed E-state index contributed by atoms with van der Waals surface area (Å²) in [5, 5.41) is 18.3. The molecular formula is C23H27FN6O. The highest BCUT2D eigenvalue weighted by molar-refractivity contribution is 5.72. The number of aryl methyl sites for hydroxylation is 1. The van der Waals surface area contributed by atoms with Gasteiger partial charge in [-0.15, -0.1) is 0 Å². The minimum Gasteiger partial charge on any atom is -0.507 e. The molecule has 0 spiro atoms. The maximum atomic E-state index is 15.0. The van der Waals surface area contributed by atoms with Crippen LogP contribution in [-0.4, -0.2) is 56.2 Å². The third-order valence-electron chi connectivity index (χ3n) is 6.58. The molecule has 3 aromatic rings. The number of nitrogens with zero attached hydrogens (tertiary/aromatic N) is 5. The molecule has 162 valence electrons. The standard InChI is InChI=1S/C23H27FN6O/c1-29-9-8-17(28-29)14-6-7-16(21(31)10-14)19-12-26-22(13-25-19)30(2)20-11-15-4-3-5-18(27-15)23(20)24/h6-10,12-13,15,18,20,23,27,31H,3-5,11H2,1-2H3/t15?,18?,20-,23+/m0/s1. The zero-order chi connectivity index (χ0) is 21.5. The van der Waals surface area contributed by atoms with E-state index in [-0.39, 0.29) is 17.8 Å². The summed E-state index contributed by atoms with van der Waals surface area (Å²) in [6.07, 6.45) is 8.09. The van der Waals surface area contributed by atoms with Crippen molar-refractivity contribution in [2.75, 3.05) is 11.9 Å². The smallest absolute Gasteiger partial charge is 0.147 e. The molecule has 7 nitrogen and oxygen atoms in total. The average Bonchev–Trinajstić information content (AvgIpc) is 3.22. The molecule has 2 aromatic heterocycles. The number of phenolic OH excluding ortho intramolecular Hbond substituents is 1. The summed E-state index contributed by atoms with van der Waals surface area (Å²) in [5.41, 5.74) is 2.79. The van der Waals surface area contributed by atoms with Gasteiger partial charge in [0.1, 0.15) is 17.7 Å². The van der Waals surface area contributed by atoms with Gasteiger partial charge in [0, 0.05) is 43.5 Å². The third kappa shape index (κ3) is 3.76. The number of alkyl halides is 1. The molecule has 0 amide bonds. The fourth-order valence-corrected chi connectivity index (χ4v) is 4.84. The van der Waals surface area contributed by atoms with Gasteiger partial charge in [0.15, 0.2) is 0 Å². The third-order valence-corrected chi connectivity index (χ3v) is 6.58. The molecule has 5 rings (SSSR count). The molecule has 2 bridgehead atoms. The number of piperidine rings is 2. The molecule has 4 atom stereocenters. The van der Waals surface area contributed by atoms with E-state index in [2.05, 4.69) is 20.4 Å². The number of fused-ring (bicyclic) bond motifs is 2. The van der Waals surface area contributed by atoms with Crippen LogP contribution in [0.25, 0.3) is 22.5 Å². The molecule has 31 heavy (non-hydrogen) atoms. The van der Waals surface area contributed by atoms with Crippen molar-refractivity contribution >= 4 is 5.82 Å². The lowest BCUT2D eigenvalue weighted by molar-refractivity contribution is 0.107. The van der Waals surface area contributed by atoms with Crippen LogP contribution in [0.2, 0.25) is 0 Å². The number of hydrogen-bond acceptors (Lipinski definition) is 6. The summed E-state index contributed by atoms with van der Waals surface area (Å²) < 4.78 is 16.8. The van der Waals surface area contributed by atoms with E-state index in [4.69, 9.17) is 0 Å². The van der Waals surface area contributed by atoms with Gasteiger partial charge in [-0.2, -0.15) is 5.10 Å². The second-order valence-corrected chi connectivity index (χ2v) is 8.63. The zero-order valence-electron chi connectivity index (χ0n) is 17.7. The lowest BCUT2D eigenvalue weighted by Gasteiger charge is -2.46. The first kappa shape index (κ1) is 19.9. The Morgan fingerprint density at radius 1 is 1.16 bits per heavy atom. The summed E-state index contributed by atoms with van der Waals surface area (Å²) in [5.74, 6) is 0.759. The Morgan fingerprint density at radius 2 is 2.03 bits per heavy atom. The number of anilines is 1. The molecule has 2 aliphatic heterocycles. The van der Waals surface area contributed by atoms with E-state index in [0.717, 1.165) is 36.9 Å². The molecule has 2 saturated heterocycles. The van der Waals surface area contributed by atoms with Crippen LogP contribution in [0.5, 0.6) is 5.75 Å². The number of benzene rings is 1. The highest BCUT2D eigenvalue weighted by Gasteiger charge is 2.41. The summed E-state index contributed by atoms with van der Waals surface area (Å²) >= 11 is 0. The lowest BCUT2D eigenvalue weighted by Crippen LogP contribution is -2.61. The molecule has 2 fully saturated rings. The fraction of sp³-hybridized carbons (Fsp3) is 0.435. The van der Waals surface area contributed by atoms with Crippen molar-refractivity contribution in [3.8, 4) is 28.3 Å². The van der Waals surface area contributed by atoms with Crippen LogP contribution in [0.1, 0.15) is 25.7 Å². The van der Waals surface area contributed by atoms with Crippen LogP contribution in [0.4, 0.5) is 10.2 Å². The molecule has 2 unspecified atom stereocenters. The van der Waals surface area contributed by atoms with Crippen molar-refractivity contribution in [1.82, 2.24) is 25.1 Å².